The van der Waals surface area contributed by atoms with Crippen molar-refractivity contribution in [3.63, 3.8) is 0 Å². The van der Waals surface area contributed by atoms with E-state index in [-0.39, 0.29) is 18.8 Å². The molecule has 1 aromatic rings. The molecule has 0 aromatic heterocycles. The predicted molar refractivity (Wildman–Crippen MR) is 70.1 cm³/mol. The summed E-state index contributed by atoms with van der Waals surface area (Å²) in [6.45, 7) is 4.27. The Morgan fingerprint density at radius 3 is 2.63 bits per heavy atom. The van der Waals surface area contributed by atoms with Crippen LogP contribution in [0.4, 0.5) is 0 Å². The van der Waals surface area contributed by atoms with Gasteiger partial charge < -0.3 is 14.9 Å². The van der Waals surface area contributed by atoms with Crippen LogP contribution in [-0.2, 0) is 11.3 Å². The van der Waals surface area contributed by atoms with E-state index < -0.39 is 5.97 Å². The minimum atomic E-state index is -0.910. The molecule has 0 spiro atoms. The van der Waals surface area contributed by atoms with Crippen LogP contribution in [0, 0.1) is 0 Å². The van der Waals surface area contributed by atoms with Crippen LogP contribution in [0.5, 0.6) is 0 Å². The van der Waals surface area contributed by atoms with Crippen LogP contribution < -0.4 is 0 Å². The van der Waals surface area contributed by atoms with Crippen molar-refractivity contribution in [2.75, 3.05) is 19.7 Å². The lowest BCUT2D eigenvalue weighted by atomic mass is 10.1. The summed E-state index contributed by atoms with van der Waals surface area (Å²) in [5.74, 6) is -0.910. The largest absolute Gasteiger partial charge is 0.478 e. The standard InChI is InChI=1S/C14H19NO4/c1-10-6-15(8-13(9-16)19-10)7-11-2-4-12(5-3-11)14(17)18/h2-5,10,13,16H,6-9H2,1H3,(H,17,18). The Labute approximate surface area is 112 Å². The highest BCUT2D eigenvalue weighted by molar-refractivity contribution is 5.87. The van der Waals surface area contributed by atoms with E-state index >= 15 is 0 Å². The van der Waals surface area contributed by atoms with E-state index in [0.29, 0.717) is 12.1 Å². The molecule has 1 saturated heterocycles. The van der Waals surface area contributed by atoms with E-state index in [1.54, 1.807) is 12.1 Å². The van der Waals surface area contributed by atoms with Crippen LogP contribution in [0.3, 0.4) is 0 Å². The van der Waals surface area contributed by atoms with Gasteiger partial charge in [-0.15, -0.1) is 0 Å². The van der Waals surface area contributed by atoms with Gasteiger partial charge in [-0.2, -0.15) is 0 Å². The summed E-state index contributed by atoms with van der Waals surface area (Å²) in [6, 6.07) is 6.89. The van der Waals surface area contributed by atoms with Crippen LogP contribution >= 0.6 is 0 Å². The zero-order valence-electron chi connectivity index (χ0n) is 11.0. The van der Waals surface area contributed by atoms with Crippen molar-refractivity contribution in [2.45, 2.75) is 25.7 Å². The molecule has 0 radical (unpaired) electrons. The van der Waals surface area contributed by atoms with Crippen molar-refractivity contribution >= 4 is 5.97 Å². The lowest BCUT2D eigenvalue weighted by Gasteiger charge is -2.36. The summed E-state index contributed by atoms with van der Waals surface area (Å²) >= 11 is 0. The van der Waals surface area contributed by atoms with Crippen molar-refractivity contribution in [1.82, 2.24) is 4.90 Å². The van der Waals surface area contributed by atoms with Crippen LogP contribution in [0.2, 0.25) is 0 Å². The molecule has 2 unspecified atom stereocenters. The molecule has 0 bridgehead atoms. The van der Waals surface area contributed by atoms with Gasteiger partial charge in [0.2, 0.25) is 0 Å². The fourth-order valence-corrected chi connectivity index (χ4v) is 2.38. The number of carbonyl (C=O) groups is 1. The van der Waals surface area contributed by atoms with Crippen LogP contribution in [-0.4, -0.2) is 53.0 Å². The molecular weight excluding hydrogens is 246 g/mol. The fraction of sp³-hybridized carbons (Fsp3) is 0.500. The van der Waals surface area contributed by atoms with Gasteiger partial charge in [-0.05, 0) is 24.6 Å². The first-order chi connectivity index (χ1) is 9.08. The number of benzene rings is 1. The third-order valence-corrected chi connectivity index (χ3v) is 3.21. The van der Waals surface area contributed by atoms with Crippen molar-refractivity contribution in [1.29, 1.82) is 0 Å². The molecule has 5 heteroatoms. The molecule has 0 amide bonds. The van der Waals surface area contributed by atoms with Crippen molar-refractivity contribution < 1.29 is 19.7 Å². The molecule has 2 N–H and O–H groups in total. The Hall–Kier alpha value is -1.43. The maximum atomic E-state index is 10.8. The summed E-state index contributed by atoms with van der Waals surface area (Å²) in [5, 5.41) is 18.0. The van der Waals surface area contributed by atoms with E-state index in [4.69, 9.17) is 9.84 Å². The number of hydrogen-bond donors (Lipinski definition) is 2. The molecule has 1 aromatic carbocycles. The van der Waals surface area contributed by atoms with Crippen molar-refractivity contribution in [3.05, 3.63) is 35.4 Å². The van der Waals surface area contributed by atoms with Gasteiger partial charge in [0.15, 0.2) is 0 Å². The van der Waals surface area contributed by atoms with Gasteiger partial charge in [-0.1, -0.05) is 12.1 Å². The Bertz CT molecular complexity index is 432. The van der Waals surface area contributed by atoms with Crippen molar-refractivity contribution in [2.24, 2.45) is 0 Å². The SMILES string of the molecule is CC1CN(Cc2ccc(C(=O)O)cc2)CC(CO)O1. The second-order valence-corrected chi connectivity index (χ2v) is 4.95. The minimum absolute atomic E-state index is 0.0266. The monoisotopic (exact) mass is 265 g/mol. The maximum absolute atomic E-state index is 10.8. The Kier molecular flexibility index (Phi) is 4.52. The van der Waals surface area contributed by atoms with Gasteiger partial charge in [-0.25, -0.2) is 4.79 Å². The number of aromatic carboxylic acids is 1. The van der Waals surface area contributed by atoms with E-state index in [1.165, 1.54) is 0 Å². The van der Waals surface area contributed by atoms with Crippen LogP contribution in [0.1, 0.15) is 22.8 Å². The molecule has 1 aliphatic rings. The van der Waals surface area contributed by atoms with Gasteiger partial charge in [0, 0.05) is 19.6 Å². The molecule has 1 aliphatic heterocycles. The molecule has 19 heavy (non-hydrogen) atoms. The number of nitrogens with zero attached hydrogens (tertiary/aromatic N) is 1. The molecule has 104 valence electrons. The number of ether oxygens (including phenoxy) is 1. The third-order valence-electron chi connectivity index (χ3n) is 3.21. The first-order valence-electron chi connectivity index (χ1n) is 6.39. The molecule has 1 heterocycles. The summed E-state index contributed by atoms with van der Waals surface area (Å²) in [5.41, 5.74) is 1.36. The number of carboxylic acids is 1. The average Bonchev–Trinajstić information content (AvgIpc) is 2.38. The second kappa shape index (κ2) is 6.14. The van der Waals surface area contributed by atoms with Gasteiger partial charge in [0.25, 0.3) is 0 Å². The highest BCUT2D eigenvalue weighted by atomic mass is 16.5. The Morgan fingerprint density at radius 1 is 1.37 bits per heavy atom. The van der Waals surface area contributed by atoms with Gasteiger partial charge in [0.05, 0.1) is 24.4 Å². The highest BCUT2D eigenvalue weighted by Gasteiger charge is 2.24. The normalized spacial score (nSPS) is 24.3. The van der Waals surface area contributed by atoms with Gasteiger partial charge >= 0.3 is 5.97 Å². The van der Waals surface area contributed by atoms with Gasteiger partial charge in [0.1, 0.15) is 0 Å². The number of carboxylic acid groups (broad SMARTS) is 1. The van der Waals surface area contributed by atoms with Crippen molar-refractivity contribution in [3.8, 4) is 0 Å². The third kappa shape index (κ3) is 3.76. The van der Waals surface area contributed by atoms with E-state index in [0.717, 1.165) is 18.7 Å². The fourth-order valence-electron chi connectivity index (χ4n) is 2.38. The van der Waals surface area contributed by atoms with Gasteiger partial charge in [-0.3, -0.25) is 4.90 Å². The molecule has 2 rings (SSSR count). The molecule has 0 aliphatic carbocycles. The summed E-state index contributed by atoms with van der Waals surface area (Å²) in [6.07, 6.45) is -0.0359. The molecule has 5 nitrogen and oxygen atoms in total. The number of rotatable bonds is 4. The number of morpholine rings is 1. The van der Waals surface area contributed by atoms with E-state index in [2.05, 4.69) is 4.90 Å². The molecular formula is C14H19NO4. The van der Waals surface area contributed by atoms with E-state index in [9.17, 15) is 9.90 Å². The van der Waals surface area contributed by atoms with E-state index in [1.807, 2.05) is 19.1 Å². The Morgan fingerprint density at radius 2 is 2.05 bits per heavy atom. The number of aliphatic hydroxyl groups is 1. The first-order valence-corrected chi connectivity index (χ1v) is 6.39. The lowest BCUT2D eigenvalue weighted by Crippen LogP contribution is -2.47. The van der Waals surface area contributed by atoms with Crippen LogP contribution in [0.25, 0.3) is 0 Å². The average molecular weight is 265 g/mol. The summed E-state index contributed by atoms with van der Waals surface area (Å²) in [4.78, 5) is 13.0. The maximum Gasteiger partial charge on any atom is 0.335 e. The molecule has 0 saturated carbocycles. The Balaban J connectivity index is 1.98. The second-order valence-electron chi connectivity index (χ2n) is 4.95. The summed E-state index contributed by atoms with van der Waals surface area (Å²) < 4.78 is 5.58. The smallest absolute Gasteiger partial charge is 0.335 e. The summed E-state index contributed by atoms with van der Waals surface area (Å²) in [7, 11) is 0. The quantitative estimate of drug-likeness (QED) is 0.849. The predicted octanol–water partition coefficient (Wildman–Crippen LogP) is 0.966. The number of hydrogen-bond acceptors (Lipinski definition) is 4. The minimum Gasteiger partial charge on any atom is -0.478 e. The lowest BCUT2D eigenvalue weighted by molar-refractivity contribution is -0.0972. The molecule has 2 atom stereocenters. The zero-order chi connectivity index (χ0) is 13.8. The molecule has 1 fully saturated rings. The highest BCUT2D eigenvalue weighted by Crippen LogP contribution is 2.14. The topological polar surface area (TPSA) is 70.0 Å². The van der Waals surface area contributed by atoms with Crippen LogP contribution in [0.15, 0.2) is 24.3 Å². The zero-order valence-corrected chi connectivity index (χ0v) is 11.0. The number of aliphatic hydroxyl groups excluding tert-OH is 1. The first kappa shape index (κ1) is 14.0.